The van der Waals surface area contributed by atoms with Crippen LogP contribution in [0.5, 0.6) is 0 Å². The Morgan fingerprint density at radius 3 is 2.89 bits per heavy atom. The number of rotatable bonds is 5. The summed E-state index contributed by atoms with van der Waals surface area (Å²) in [5.41, 5.74) is 2.21. The van der Waals surface area contributed by atoms with Crippen LogP contribution >= 0.6 is 0 Å². The van der Waals surface area contributed by atoms with Crippen LogP contribution < -0.4 is 5.32 Å². The van der Waals surface area contributed by atoms with Crippen LogP contribution in [0, 0.1) is 0 Å². The van der Waals surface area contributed by atoms with E-state index in [0.717, 1.165) is 56.3 Å². The number of benzene rings is 1. The molecule has 0 radical (unpaired) electrons. The molecule has 1 aromatic heterocycles. The van der Waals surface area contributed by atoms with Crippen LogP contribution in [-0.4, -0.2) is 65.7 Å². The lowest BCUT2D eigenvalue weighted by Crippen LogP contribution is -2.53. The van der Waals surface area contributed by atoms with Gasteiger partial charge in [-0.15, -0.1) is 0 Å². The number of nitrogens with one attached hydrogen (secondary N) is 1. The van der Waals surface area contributed by atoms with Crippen molar-refractivity contribution in [1.82, 2.24) is 20.0 Å². The lowest BCUT2D eigenvalue weighted by molar-refractivity contribution is -0.0817. The molecule has 0 amide bonds. The monoisotopic (exact) mass is 383 g/mol. The van der Waals surface area contributed by atoms with Crippen molar-refractivity contribution in [1.29, 1.82) is 0 Å². The van der Waals surface area contributed by atoms with Crippen LogP contribution in [0.1, 0.15) is 25.3 Å². The van der Waals surface area contributed by atoms with Crippen LogP contribution in [0.4, 0.5) is 0 Å². The first-order chi connectivity index (χ1) is 13.8. The van der Waals surface area contributed by atoms with Gasteiger partial charge in [0.15, 0.2) is 5.96 Å². The molecule has 150 valence electrons. The van der Waals surface area contributed by atoms with Gasteiger partial charge in [0.2, 0.25) is 0 Å². The zero-order valence-corrected chi connectivity index (χ0v) is 16.5. The molecule has 2 unspecified atom stereocenters. The smallest absolute Gasteiger partial charge is 0.194 e. The molecule has 2 aromatic rings. The fraction of sp³-hybridized carbons (Fsp3) is 0.524. The molecule has 2 fully saturated rings. The van der Waals surface area contributed by atoms with Gasteiger partial charge in [-0.25, -0.2) is 9.67 Å². The van der Waals surface area contributed by atoms with Crippen molar-refractivity contribution in [3.05, 3.63) is 48.3 Å². The third kappa shape index (κ3) is 4.36. The maximum Gasteiger partial charge on any atom is 0.194 e. The van der Waals surface area contributed by atoms with Gasteiger partial charge in [0.25, 0.3) is 0 Å². The summed E-state index contributed by atoms with van der Waals surface area (Å²) in [6.07, 6.45) is 6.31. The minimum Gasteiger partial charge on any atom is -0.375 e. The quantitative estimate of drug-likeness (QED) is 0.634. The molecular formula is C21H29N5O2. The fourth-order valence-corrected chi connectivity index (χ4v) is 3.85. The number of aliphatic imine (C=N–C) groups is 1. The summed E-state index contributed by atoms with van der Waals surface area (Å²) in [5.74, 6) is 0.934. The third-order valence-corrected chi connectivity index (χ3v) is 5.25. The molecular weight excluding hydrogens is 354 g/mol. The molecule has 0 bridgehead atoms. The van der Waals surface area contributed by atoms with E-state index in [0.29, 0.717) is 13.2 Å². The van der Waals surface area contributed by atoms with Gasteiger partial charge < -0.3 is 19.7 Å². The van der Waals surface area contributed by atoms with Gasteiger partial charge in [0.05, 0.1) is 24.9 Å². The Morgan fingerprint density at radius 2 is 2.11 bits per heavy atom. The van der Waals surface area contributed by atoms with E-state index in [9.17, 15) is 0 Å². The molecule has 2 saturated heterocycles. The summed E-state index contributed by atoms with van der Waals surface area (Å²) in [6.45, 7) is 6.75. The molecule has 7 nitrogen and oxygen atoms in total. The predicted molar refractivity (Wildman–Crippen MR) is 109 cm³/mol. The Kier molecular flexibility index (Phi) is 6.24. The molecule has 7 heteroatoms. The molecule has 1 aromatic carbocycles. The van der Waals surface area contributed by atoms with E-state index in [4.69, 9.17) is 14.5 Å². The molecule has 28 heavy (non-hydrogen) atoms. The predicted octanol–water partition coefficient (Wildman–Crippen LogP) is 2.22. The maximum atomic E-state index is 5.99. The molecule has 3 heterocycles. The number of hydrogen-bond donors (Lipinski definition) is 1. The molecule has 4 rings (SSSR count). The Morgan fingerprint density at radius 1 is 1.21 bits per heavy atom. The summed E-state index contributed by atoms with van der Waals surface area (Å²) in [7, 11) is 0. The van der Waals surface area contributed by atoms with Crippen LogP contribution in [0.15, 0.2) is 47.7 Å². The Bertz CT molecular complexity index is 771. The first kappa shape index (κ1) is 19.0. The Hall–Kier alpha value is -2.38. The number of nitrogens with zero attached hydrogens (tertiary/aromatic N) is 4. The third-order valence-electron chi connectivity index (χ3n) is 5.25. The van der Waals surface area contributed by atoms with Crippen molar-refractivity contribution in [2.45, 2.75) is 38.5 Å². The Balaban J connectivity index is 1.49. The fourth-order valence-electron chi connectivity index (χ4n) is 3.85. The van der Waals surface area contributed by atoms with E-state index in [2.05, 4.69) is 34.4 Å². The molecule has 0 spiro atoms. The van der Waals surface area contributed by atoms with E-state index in [1.165, 1.54) is 0 Å². The van der Waals surface area contributed by atoms with Crippen molar-refractivity contribution < 1.29 is 9.47 Å². The minimum absolute atomic E-state index is 0.122. The summed E-state index contributed by atoms with van der Waals surface area (Å²) >= 11 is 0. The number of aromatic nitrogens is 2. The minimum atomic E-state index is 0.122. The molecule has 2 aliphatic heterocycles. The summed E-state index contributed by atoms with van der Waals surface area (Å²) in [4.78, 5) is 7.23. The van der Waals surface area contributed by atoms with E-state index in [-0.39, 0.29) is 12.2 Å². The van der Waals surface area contributed by atoms with Crippen LogP contribution in [0.2, 0.25) is 0 Å². The summed E-state index contributed by atoms with van der Waals surface area (Å²) in [6, 6.07) is 10.2. The summed E-state index contributed by atoms with van der Waals surface area (Å²) in [5, 5.41) is 7.81. The van der Waals surface area contributed by atoms with E-state index in [1.54, 1.807) is 6.20 Å². The highest BCUT2D eigenvalue weighted by Gasteiger charge is 2.32. The first-order valence-corrected chi connectivity index (χ1v) is 10.2. The van der Waals surface area contributed by atoms with Crippen LogP contribution in [0.3, 0.4) is 0 Å². The van der Waals surface area contributed by atoms with E-state index < -0.39 is 0 Å². The van der Waals surface area contributed by atoms with Gasteiger partial charge in [-0.1, -0.05) is 18.2 Å². The van der Waals surface area contributed by atoms with Crippen molar-refractivity contribution in [2.24, 2.45) is 4.99 Å². The van der Waals surface area contributed by atoms with Gasteiger partial charge >= 0.3 is 0 Å². The number of ether oxygens (including phenoxy) is 2. The van der Waals surface area contributed by atoms with Crippen molar-refractivity contribution >= 4 is 5.96 Å². The zero-order valence-electron chi connectivity index (χ0n) is 16.5. The normalized spacial score (nSPS) is 23.2. The van der Waals surface area contributed by atoms with E-state index >= 15 is 0 Å². The average molecular weight is 383 g/mol. The average Bonchev–Trinajstić information content (AvgIpc) is 3.46. The lowest BCUT2D eigenvalue weighted by Gasteiger charge is -2.37. The lowest BCUT2D eigenvalue weighted by atomic mass is 10.1. The summed E-state index contributed by atoms with van der Waals surface area (Å²) < 4.78 is 13.7. The Labute approximate surface area is 166 Å². The van der Waals surface area contributed by atoms with Gasteiger partial charge in [-0.3, -0.25) is 0 Å². The highest BCUT2D eigenvalue weighted by molar-refractivity contribution is 5.80. The molecule has 1 N–H and O–H groups in total. The van der Waals surface area contributed by atoms with Gasteiger partial charge in [0, 0.05) is 38.6 Å². The standard InChI is InChI=1S/C21H29N5O2/c1-2-22-21(25-12-14-28-20(16-25)19-9-5-13-27-19)23-15-17-7-3-4-8-18(17)26-11-6-10-24-26/h3-4,6-8,10-11,19-20H,2,5,9,12-16H2,1H3,(H,22,23). The SMILES string of the molecule is CCNC(=NCc1ccccc1-n1cccn1)N1CCOC(C2CCCO2)C1. The number of hydrogen-bond acceptors (Lipinski definition) is 4. The second-order valence-electron chi connectivity index (χ2n) is 7.16. The molecule has 2 atom stereocenters. The van der Waals surface area contributed by atoms with Gasteiger partial charge in [-0.05, 0) is 37.5 Å². The number of guanidine groups is 1. The topological polar surface area (TPSA) is 63.9 Å². The highest BCUT2D eigenvalue weighted by atomic mass is 16.5. The molecule has 0 saturated carbocycles. The number of para-hydroxylation sites is 1. The second kappa shape index (κ2) is 9.21. The van der Waals surface area contributed by atoms with Crippen molar-refractivity contribution in [2.75, 3.05) is 32.8 Å². The maximum absolute atomic E-state index is 5.99. The second-order valence-corrected chi connectivity index (χ2v) is 7.16. The van der Waals surface area contributed by atoms with Gasteiger partial charge in [-0.2, -0.15) is 5.10 Å². The highest BCUT2D eigenvalue weighted by Crippen LogP contribution is 2.21. The van der Waals surface area contributed by atoms with Crippen molar-refractivity contribution in [3.8, 4) is 5.69 Å². The largest absolute Gasteiger partial charge is 0.375 e. The van der Waals surface area contributed by atoms with Gasteiger partial charge in [0.1, 0.15) is 6.10 Å². The number of morpholine rings is 1. The van der Waals surface area contributed by atoms with Crippen LogP contribution in [-0.2, 0) is 16.0 Å². The first-order valence-electron chi connectivity index (χ1n) is 10.2. The van der Waals surface area contributed by atoms with E-state index in [1.807, 2.05) is 29.1 Å². The molecule has 2 aliphatic rings. The zero-order chi connectivity index (χ0) is 19.2. The van der Waals surface area contributed by atoms with Crippen LogP contribution in [0.25, 0.3) is 5.69 Å². The molecule has 0 aliphatic carbocycles. The van der Waals surface area contributed by atoms with Crippen molar-refractivity contribution in [3.63, 3.8) is 0 Å².